The van der Waals surface area contributed by atoms with Gasteiger partial charge < -0.3 is 15.0 Å². The maximum absolute atomic E-state index is 12.8. The molecule has 1 aliphatic rings. The largest absolute Gasteiger partial charge is 0.374 e. The molecule has 1 saturated heterocycles. The smallest absolute Gasteiger partial charge is 0.253 e. The quantitative estimate of drug-likeness (QED) is 0.623. The molecule has 1 heterocycles. The molecular formula is C24H28Cl2N2O3. The number of nitrogens with zero attached hydrogens (tertiary/aromatic N) is 1. The fourth-order valence-corrected chi connectivity index (χ4v) is 3.84. The Hall–Kier alpha value is -2.08. The number of carbonyl (C=O) groups excluding carboxylic acids is 2. The normalized spacial score (nSPS) is 16.4. The first kappa shape index (κ1) is 23.6. The average Bonchev–Trinajstić information content (AvgIpc) is 2.78. The molecular weight excluding hydrogens is 435 g/mol. The molecule has 0 aliphatic carbocycles. The van der Waals surface area contributed by atoms with E-state index in [1.807, 2.05) is 38.1 Å². The Balaban J connectivity index is 1.52. The summed E-state index contributed by atoms with van der Waals surface area (Å²) in [7, 11) is 0. The molecule has 2 aromatic carbocycles. The first-order valence-corrected chi connectivity index (χ1v) is 11.3. The van der Waals surface area contributed by atoms with Gasteiger partial charge in [-0.25, -0.2) is 0 Å². The Morgan fingerprint density at radius 1 is 1.10 bits per heavy atom. The molecule has 0 saturated carbocycles. The second-order valence-electron chi connectivity index (χ2n) is 8.11. The van der Waals surface area contributed by atoms with E-state index in [4.69, 9.17) is 27.9 Å². The Morgan fingerprint density at radius 2 is 1.81 bits per heavy atom. The number of piperidine rings is 1. The van der Waals surface area contributed by atoms with Crippen molar-refractivity contribution in [2.45, 2.75) is 45.9 Å². The standard InChI is InChI=1S/C24H28Cl2N2O3/c1-16(2)31-15-18-7-5-17(6-8-18)13-27-23(29)20-4-3-11-28(14-20)24(30)19-9-10-21(25)22(26)12-19/h5-10,12,16,20H,3-4,11,13-15H2,1-2H3,(H,27,29). The zero-order chi connectivity index (χ0) is 22.4. The Kier molecular flexibility index (Phi) is 8.35. The lowest BCUT2D eigenvalue weighted by Crippen LogP contribution is -2.45. The van der Waals surface area contributed by atoms with E-state index in [9.17, 15) is 9.59 Å². The van der Waals surface area contributed by atoms with Gasteiger partial charge in [-0.2, -0.15) is 0 Å². The van der Waals surface area contributed by atoms with Crippen LogP contribution in [0.3, 0.4) is 0 Å². The van der Waals surface area contributed by atoms with Crippen LogP contribution in [0.2, 0.25) is 10.0 Å². The molecule has 3 rings (SSSR count). The number of benzene rings is 2. The second-order valence-corrected chi connectivity index (χ2v) is 8.93. The van der Waals surface area contributed by atoms with Crippen molar-refractivity contribution in [2.24, 2.45) is 5.92 Å². The third-order valence-electron chi connectivity index (χ3n) is 5.32. The van der Waals surface area contributed by atoms with Crippen LogP contribution in [-0.4, -0.2) is 35.9 Å². The number of likely N-dealkylation sites (tertiary alicyclic amines) is 1. The fraction of sp³-hybridized carbons (Fsp3) is 0.417. The fourth-order valence-electron chi connectivity index (χ4n) is 3.54. The third-order valence-corrected chi connectivity index (χ3v) is 6.06. The number of ether oxygens (including phenoxy) is 1. The summed E-state index contributed by atoms with van der Waals surface area (Å²) in [6, 6.07) is 12.9. The van der Waals surface area contributed by atoms with Gasteiger partial charge >= 0.3 is 0 Å². The minimum Gasteiger partial charge on any atom is -0.374 e. The predicted octanol–water partition coefficient (Wildman–Crippen LogP) is 5.09. The molecule has 0 aromatic heterocycles. The summed E-state index contributed by atoms with van der Waals surface area (Å²) >= 11 is 12.0. The van der Waals surface area contributed by atoms with Crippen LogP contribution < -0.4 is 5.32 Å². The van der Waals surface area contributed by atoms with Crippen LogP contribution in [-0.2, 0) is 22.7 Å². The van der Waals surface area contributed by atoms with E-state index in [0.29, 0.717) is 41.8 Å². The van der Waals surface area contributed by atoms with Crippen LogP contribution in [0.25, 0.3) is 0 Å². The minimum absolute atomic E-state index is 0.0288. The van der Waals surface area contributed by atoms with Gasteiger partial charge in [0, 0.05) is 25.2 Å². The van der Waals surface area contributed by atoms with E-state index in [-0.39, 0.29) is 23.8 Å². The molecule has 2 amide bonds. The summed E-state index contributed by atoms with van der Waals surface area (Å²) in [6.45, 7) is 6.08. The molecule has 1 atom stereocenters. The number of halogens is 2. The number of carbonyl (C=O) groups is 2. The van der Waals surface area contributed by atoms with E-state index >= 15 is 0 Å². The van der Waals surface area contributed by atoms with Crippen molar-refractivity contribution in [2.75, 3.05) is 13.1 Å². The lowest BCUT2D eigenvalue weighted by Gasteiger charge is -2.32. The maximum atomic E-state index is 12.8. The van der Waals surface area contributed by atoms with Crippen LogP contribution in [0.15, 0.2) is 42.5 Å². The Bertz CT molecular complexity index is 916. The van der Waals surface area contributed by atoms with E-state index in [1.54, 1.807) is 23.1 Å². The molecule has 0 radical (unpaired) electrons. The average molecular weight is 463 g/mol. The molecule has 1 aliphatic heterocycles. The first-order valence-electron chi connectivity index (χ1n) is 10.5. The summed E-state index contributed by atoms with van der Waals surface area (Å²) in [5.74, 6) is -0.381. The van der Waals surface area contributed by atoms with Crippen LogP contribution >= 0.6 is 23.2 Å². The van der Waals surface area contributed by atoms with Crippen molar-refractivity contribution in [1.82, 2.24) is 10.2 Å². The number of hydrogen-bond acceptors (Lipinski definition) is 3. The molecule has 1 unspecified atom stereocenters. The van der Waals surface area contributed by atoms with Gasteiger partial charge in [-0.1, -0.05) is 47.5 Å². The molecule has 1 N–H and O–H groups in total. The zero-order valence-corrected chi connectivity index (χ0v) is 19.4. The first-order chi connectivity index (χ1) is 14.8. The highest BCUT2D eigenvalue weighted by Crippen LogP contribution is 2.25. The van der Waals surface area contributed by atoms with Gasteiger partial charge in [-0.05, 0) is 56.0 Å². The van der Waals surface area contributed by atoms with Crippen molar-refractivity contribution in [3.05, 3.63) is 69.2 Å². The summed E-state index contributed by atoms with van der Waals surface area (Å²) in [4.78, 5) is 27.3. The van der Waals surface area contributed by atoms with E-state index < -0.39 is 0 Å². The lowest BCUT2D eigenvalue weighted by molar-refractivity contribution is -0.126. The topological polar surface area (TPSA) is 58.6 Å². The number of amides is 2. The Morgan fingerprint density at radius 3 is 2.48 bits per heavy atom. The molecule has 0 bridgehead atoms. The van der Waals surface area contributed by atoms with Crippen molar-refractivity contribution >= 4 is 35.0 Å². The molecule has 31 heavy (non-hydrogen) atoms. The minimum atomic E-state index is -0.223. The van der Waals surface area contributed by atoms with Crippen LogP contribution in [0.5, 0.6) is 0 Å². The van der Waals surface area contributed by atoms with Gasteiger partial charge in [0.05, 0.1) is 28.7 Å². The van der Waals surface area contributed by atoms with Gasteiger partial charge in [0.15, 0.2) is 0 Å². The van der Waals surface area contributed by atoms with Gasteiger partial charge in [0.1, 0.15) is 0 Å². The van der Waals surface area contributed by atoms with Crippen LogP contribution in [0.4, 0.5) is 0 Å². The molecule has 5 nitrogen and oxygen atoms in total. The summed E-state index contributed by atoms with van der Waals surface area (Å²) in [5, 5.41) is 3.77. The summed E-state index contributed by atoms with van der Waals surface area (Å²) in [6.07, 6.45) is 1.75. The molecule has 166 valence electrons. The SMILES string of the molecule is CC(C)OCc1ccc(CNC(=O)C2CCCN(C(=O)c3ccc(Cl)c(Cl)c3)C2)cc1. The van der Waals surface area contributed by atoms with Gasteiger partial charge in [-0.15, -0.1) is 0 Å². The highest BCUT2D eigenvalue weighted by molar-refractivity contribution is 6.42. The lowest BCUT2D eigenvalue weighted by atomic mass is 9.96. The Labute approximate surface area is 193 Å². The number of rotatable bonds is 7. The molecule has 1 fully saturated rings. The maximum Gasteiger partial charge on any atom is 0.253 e. The zero-order valence-electron chi connectivity index (χ0n) is 17.9. The van der Waals surface area contributed by atoms with Crippen molar-refractivity contribution in [3.8, 4) is 0 Å². The predicted molar refractivity (Wildman–Crippen MR) is 123 cm³/mol. The summed E-state index contributed by atoms with van der Waals surface area (Å²) < 4.78 is 5.60. The van der Waals surface area contributed by atoms with Crippen LogP contribution in [0.1, 0.15) is 48.2 Å². The third kappa shape index (κ3) is 6.70. The number of nitrogens with one attached hydrogen (secondary N) is 1. The van der Waals surface area contributed by atoms with Gasteiger partial charge in [0.2, 0.25) is 5.91 Å². The molecule has 7 heteroatoms. The van der Waals surface area contributed by atoms with Crippen LogP contribution in [0, 0.1) is 5.92 Å². The highest BCUT2D eigenvalue weighted by atomic mass is 35.5. The van der Waals surface area contributed by atoms with Crippen molar-refractivity contribution in [3.63, 3.8) is 0 Å². The monoisotopic (exact) mass is 462 g/mol. The van der Waals surface area contributed by atoms with E-state index in [2.05, 4.69) is 5.32 Å². The molecule has 0 spiro atoms. The second kappa shape index (κ2) is 11.0. The molecule has 2 aromatic rings. The number of hydrogen-bond donors (Lipinski definition) is 1. The van der Waals surface area contributed by atoms with Gasteiger partial charge in [0.25, 0.3) is 5.91 Å². The summed E-state index contributed by atoms with van der Waals surface area (Å²) in [5.41, 5.74) is 2.62. The van der Waals surface area contributed by atoms with Crippen molar-refractivity contribution < 1.29 is 14.3 Å². The van der Waals surface area contributed by atoms with E-state index in [0.717, 1.165) is 24.0 Å². The van der Waals surface area contributed by atoms with E-state index in [1.165, 1.54) is 0 Å². The van der Waals surface area contributed by atoms with Gasteiger partial charge in [-0.3, -0.25) is 9.59 Å². The highest BCUT2D eigenvalue weighted by Gasteiger charge is 2.29. The van der Waals surface area contributed by atoms with Crippen molar-refractivity contribution in [1.29, 1.82) is 0 Å².